The number of Topliss-reactive ketones (excluding diaryl/α,β-unsaturated/α-hetero) is 2. The van der Waals surface area contributed by atoms with Gasteiger partial charge in [-0.15, -0.1) is 0 Å². The molecule has 0 amide bonds. The number of hydrogen-bond donors (Lipinski definition) is 0. The van der Waals surface area contributed by atoms with Crippen molar-refractivity contribution in [2.45, 2.75) is 6.42 Å². The highest BCUT2D eigenvalue weighted by Gasteiger charge is 2.20. The summed E-state index contributed by atoms with van der Waals surface area (Å²) in [4.78, 5) is 33.4. The Kier molecular flexibility index (Phi) is 3.38. The quantitative estimate of drug-likeness (QED) is 0.310. The van der Waals surface area contributed by atoms with Crippen LogP contribution in [0, 0.1) is 0 Å². The lowest BCUT2D eigenvalue weighted by molar-refractivity contribution is -0.151. The van der Waals surface area contributed by atoms with E-state index in [2.05, 4.69) is 4.74 Å². The van der Waals surface area contributed by atoms with E-state index in [1.54, 1.807) is 29.9 Å². The minimum Gasteiger partial charge on any atom is -0.463 e. The van der Waals surface area contributed by atoms with Crippen molar-refractivity contribution in [3.63, 3.8) is 0 Å². The number of aryl methyl sites for hydroxylation is 1. The highest BCUT2D eigenvalue weighted by Crippen LogP contribution is 2.04. The van der Waals surface area contributed by atoms with E-state index in [1.165, 1.54) is 0 Å². The first-order valence-corrected chi connectivity index (χ1v) is 4.32. The van der Waals surface area contributed by atoms with Gasteiger partial charge in [0.05, 0.1) is 19.2 Å². The Balaban J connectivity index is 2.69. The zero-order valence-corrected chi connectivity index (χ0v) is 8.52. The summed E-state index contributed by atoms with van der Waals surface area (Å²) >= 11 is 0. The number of carbonyl (C=O) groups is 3. The van der Waals surface area contributed by atoms with Crippen molar-refractivity contribution < 1.29 is 19.1 Å². The molecule has 15 heavy (non-hydrogen) atoms. The number of carbonyl (C=O) groups excluding carboxylic acids is 3. The van der Waals surface area contributed by atoms with E-state index < -0.39 is 24.0 Å². The van der Waals surface area contributed by atoms with E-state index in [9.17, 15) is 14.4 Å². The molecule has 0 spiro atoms. The van der Waals surface area contributed by atoms with Gasteiger partial charge in [-0.2, -0.15) is 0 Å². The number of ether oxygens (including phenoxy) is 1. The minimum absolute atomic E-state index is 0.391. The fourth-order valence-corrected chi connectivity index (χ4v) is 1.17. The average molecular weight is 209 g/mol. The highest BCUT2D eigenvalue weighted by atomic mass is 16.5. The van der Waals surface area contributed by atoms with Gasteiger partial charge in [-0.05, 0) is 12.1 Å². The molecule has 0 saturated heterocycles. The molecule has 0 unspecified atom stereocenters. The number of nitrogens with zero attached hydrogens (tertiary/aromatic N) is 1. The monoisotopic (exact) mass is 209 g/mol. The van der Waals surface area contributed by atoms with E-state index >= 15 is 0 Å². The van der Waals surface area contributed by atoms with Crippen LogP contribution in [0.4, 0.5) is 0 Å². The molecule has 1 aromatic rings. The van der Waals surface area contributed by atoms with Gasteiger partial charge in [0.2, 0.25) is 5.78 Å². The Hall–Kier alpha value is -1.91. The average Bonchev–Trinajstić information content (AvgIpc) is 2.63. The maximum absolute atomic E-state index is 11.5. The Morgan fingerprint density at radius 3 is 2.53 bits per heavy atom. The van der Waals surface area contributed by atoms with Crippen molar-refractivity contribution in [2.24, 2.45) is 7.05 Å². The van der Waals surface area contributed by atoms with Crippen LogP contribution in [0.25, 0.3) is 0 Å². The summed E-state index contributed by atoms with van der Waals surface area (Å²) in [6, 6.07) is 3.28. The van der Waals surface area contributed by atoms with Gasteiger partial charge in [-0.25, -0.2) is 4.79 Å². The number of aromatic nitrogens is 1. The third kappa shape index (κ3) is 2.52. The molecule has 0 radical (unpaired) electrons. The first-order valence-electron chi connectivity index (χ1n) is 4.32. The number of esters is 1. The van der Waals surface area contributed by atoms with Gasteiger partial charge in [0.1, 0.15) is 0 Å². The smallest absolute Gasteiger partial charge is 0.374 e. The van der Waals surface area contributed by atoms with Gasteiger partial charge in [0, 0.05) is 13.2 Å². The summed E-state index contributed by atoms with van der Waals surface area (Å²) in [5, 5.41) is 0. The molecule has 0 atom stereocenters. The summed E-state index contributed by atoms with van der Waals surface area (Å²) in [7, 11) is 2.79. The maximum atomic E-state index is 11.5. The first-order chi connectivity index (χ1) is 7.06. The van der Waals surface area contributed by atoms with Crippen molar-refractivity contribution in [3.05, 3.63) is 24.0 Å². The predicted octanol–water partition coefficient (Wildman–Crippen LogP) is 0.340. The van der Waals surface area contributed by atoms with Crippen molar-refractivity contribution in [2.75, 3.05) is 7.11 Å². The van der Waals surface area contributed by atoms with Crippen LogP contribution in [-0.2, 0) is 21.4 Å². The lowest BCUT2D eigenvalue weighted by Gasteiger charge is -2.00. The molecule has 0 aliphatic heterocycles. The van der Waals surface area contributed by atoms with E-state index in [4.69, 9.17) is 0 Å². The topological polar surface area (TPSA) is 65.4 Å². The Morgan fingerprint density at radius 1 is 1.40 bits per heavy atom. The van der Waals surface area contributed by atoms with E-state index in [0.717, 1.165) is 7.11 Å². The molecule has 80 valence electrons. The van der Waals surface area contributed by atoms with Crippen LogP contribution < -0.4 is 0 Å². The second-order valence-corrected chi connectivity index (χ2v) is 3.02. The van der Waals surface area contributed by atoms with Gasteiger partial charge in [-0.3, -0.25) is 9.59 Å². The Morgan fingerprint density at radius 2 is 2.07 bits per heavy atom. The van der Waals surface area contributed by atoms with Crippen LogP contribution in [0.2, 0.25) is 0 Å². The number of methoxy groups -OCH3 is 1. The fourth-order valence-electron chi connectivity index (χ4n) is 1.17. The van der Waals surface area contributed by atoms with Crippen molar-refractivity contribution >= 4 is 17.5 Å². The summed E-state index contributed by atoms with van der Waals surface area (Å²) < 4.78 is 5.80. The molecular weight excluding hydrogens is 198 g/mol. The number of hydrogen-bond acceptors (Lipinski definition) is 4. The molecule has 5 heteroatoms. The number of ketones is 2. The molecule has 0 aromatic carbocycles. The lowest BCUT2D eigenvalue weighted by atomic mass is 10.1. The third-order valence-corrected chi connectivity index (χ3v) is 1.96. The summed E-state index contributed by atoms with van der Waals surface area (Å²) in [6.45, 7) is 0. The van der Waals surface area contributed by atoms with Crippen LogP contribution in [0.1, 0.15) is 16.9 Å². The normalized spacial score (nSPS) is 9.73. The van der Waals surface area contributed by atoms with Crippen molar-refractivity contribution in [3.8, 4) is 0 Å². The lowest BCUT2D eigenvalue weighted by Crippen LogP contribution is -2.20. The van der Waals surface area contributed by atoms with Crippen LogP contribution in [0.15, 0.2) is 18.3 Å². The molecular formula is C10H11NO4. The maximum Gasteiger partial charge on any atom is 0.374 e. The van der Waals surface area contributed by atoms with E-state index in [0.29, 0.717) is 5.69 Å². The number of rotatable bonds is 4. The second-order valence-electron chi connectivity index (χ2n) is 3.02. The SMILES string of the molecule is COC(=O)C(=O)CC(=O)c1cccn1C. The zero-order valence-electron chi connectivity index (χ0n) is 8.52. The molecule has 1 aromatic heterocycles. The van der Waals surface area contributed by atoms with Crippen molar-refractivity contribution in [1.29, 1.82) is 0 Å². The molecule has 0 N–H and O–H groups in total. The molecule has 1 heterocycles. The van der Waals surface area contributed by atoms with Gasteiger partial charge in [0.25, 0.3) is 0 Å². The van der Waals surface area contributed by atoms with Crippen molar-refractivity contribution in [1.82, 2.24) is 4.57 Å². The first kappa shape index (κ1) is 11.2. The molecule has 0 bridgehead atoms. The van der Waals surface area contributed by atoms with Crippen LogP contribution >= 0.6 is 0 Å². The standard InChI is InChI=1S/C10H11NO4/c1-11-5-3-4-7(11)8(12)6-9(13)10(14)15-2/h3-5H,6H2,1-2H3. The molecule has 5 nitrogen and oxygen atoms in total. The molecule has 0 aliphatic rings. The predicted molar refractivity (Wildman–Crippen MR) is 51.4 cm³/mol. The summed E-state index contributed by atoms with van der Waals surface area (Å²) in [6.07, 6.45) is 1.24. The Bertz CT molecular complexity index is 405. The molecule has 0 aliphatic carbocycles. The van der Waals surface area contributed by atoms with Gasteiger partial charge >= 0.3 is 5.97 Å². The second kappa shape index (κ2) is 4.54. The largest absolute Gasteiger partial charge is 0.463 e. The third-order valence-electron chi connectivity index (χ3n) is 1.96. The highest BCUT2D eigenvalue weighted by molar-refractivity contribution is 6.38. The molecule has 0 saturated carbocycles. The summed E-state index contributed by atoms with van der Waals surface area (Å²) in [5.74, 6) is -2.21. The minimum atomic E-state index is -0.988. The molecule has 0 fully saturated rings. The Labute approximate surface area is 86.6 Å². The van der Waals surface area contributed by atoms with Gasteiger partial charge in [-0.1, -0.05) is 0 Å². The fraction of sp³-hybridized carbons (Fsp3) is 0.300. The van der Waals surface area contributed by atoms with Crippen LogP contribution in [-0.4, -0.2) is 29.2 Å². The zero-order chi connectivity index (χ0) is 11.4. The summed E-state index contributed by atoms with van der Waals surface area (Å²) in [5.41, 5.74) is 0.396. The van der Waals surface area contributed by atoms with E-state index in [1.807, 2.05) is 0 Å². The van der Waals surface area contributed by atoms with E-state index in [-0.39, 0.29) is 0 Å². The van der Waals surface area contributed by atoms with Gasteiger partial charge < -0.3 is 9.30 Å². The van der Waals surface area contributed by atoms with Crippen LogP contribution in [0.3, 0.4) is 0 Å². The molecule has 1 rings (SSSR count). The van der Waals surface area contributed by atoms with Crippen LogP contribution in [0.5, 0.6) is 0 Å². The van der Waals surface area contributed by atoms with Gasteiger partial charge in [0.15, 0.2) is 5.78 Å².